The van der Waals surface area contributed by atoms with E-state index in [2.05, 4.69) is 52.3 Å². The number of rotatable bonds is 4. The van der Waals surface area contributed by atoms with E-state index < -0.39 is 6.03 Å². The summed E-state index contributed by atoms with van der Waals surface area (Å²) in [6.07, 6.45) is 2.77. The minimum atomic E-state index is -0.433. The number of nitrogens with zero attached hydrogens (tertiary/aromatic N) is 4. The topological polar surface area (TPSA) is 128 Å². The minimum Gasteiger partial charge on any atom is -0.436 e. The number of benzene rings is 1. The third-order valence-corrected chi connectivity index (χ3v) is 4.98. The van der Waals surface area contributed by atoms with Crippen molar-refractivity contribution in [3.8, 4) is 5.75 Å². The molecule has 32 heavy (non-hydrogen) atoms. The number of aryl methyl sites for hydroxylation is 1. The second-order valence-electron chi connectivity index (χ2n) is 8.19. The Bertz CT molecular complexity index is 1160. The second kappa shape index (κ2) is 8.09. The molecular weight excluding hydrogens is 436 g/mol. The highest BCUT2D eigenvalue weighted by atomic mass is 35.5. The van der Waals surface area contributed by atoms with Crippen LogP contribution in [0.5, 0.6) is 5.75 Å². The molecule has 0 spiro atoms. The van der Waals surface area contributed by atoms with Crippen molar-refractivity contribution in [3.63, 3.8) is 0 Å². The monoisotopic (exact) mass is 458 g/mol. The Morgan fingerprint density at radius 2 is 2.00 bits per heavy atom. The molecule has 2 aliphatic heterocycles. The smallest absolute Gasteiger partial charge is 0.324 e. The van der Waals surface area contributed by atoms with Crippen LogP contribution in [-0.4, -0.2) is 32.4 Å². The van der Waals surface area contributed by atoms with Crippen molar-refractivity contribution in [2.75, 3.05) is 10.6 Å². The zero-order valence-corrected chi connectivity index (χ0v) is 18.7. The van der Waals surface area contributed by atoms with Crippen LogP contribution in [0, 0.1) is 0 Å². The van der Waals surface area contributed by atoms with Crippen molar-refractivity contribution in [2.45, 2.75) is 26.2 Å². The standard InChI is InChI=1S/C20H23ClN8O3/c1-20(2,3)15-8-16(28(4)27-15)24-19(30)23-11-5-6-14(12(21)7-11)32-18-17-13(25-26-18)9-22-10-29(17)31/h5-10,25-26,31H,1-4H3,(H2,23,24,30). The van der Waals surface area contributed by atoms with Gasteiger partial charge in [0.15, 0.2) is 5.70 Å². The molecule has 0 radical (unpaired) electrons. The van der Waals surface area contributed by atoms with Gasteiger partial charge in [0.1, 0.15) is 23.6 Å². The average molecular weight is 459 g/mol. The number of aliphatic imine (C=N–C) groups is 1. The van der Waals surface area contributed by atoms with E-state index in [-0.39, 0.29) is 16.3 Å². The van der Waals surface area contributed by atoms with Crippen LogP contribution in [0.3, 0.4) is 0 Å². The fourth-order valence-electron chi connectivity index (χ4n) is 2.99. The number of carbonyl (C=O) groups is 1. The quantitative estimate of drug-likeness (QED) is 0.475. The van der Waals surface area contributed by atoms with Crippen molar-refractivity contribution in [3.05, 3.63) is 58.5 Å². The van der Waals surface area contributed by atoms with Gasteiger partial charge in [0.25, 0.3) is 0 Å². The predicted molar refractivity (Wildman–Crippen MR) is 120 cm³/mol. The number of nitrogens with one attached hydrogen (secondary N) is 4. The lowest BCUT2D eigenvalue weighted by Gasteiger charge is -2.16. The molecular formula is C20H23ClN8O3. The van der Waals surface area contributed by atoms with Crippen molar-refractivity contribution in [2.24, 2.45) is 12.0 Å². The third-order valence-electron chi connectivity index (χ3n) is 4.68. The molecule has 1 aromatic carbocycles. The molecule has 4 rings (SSSR count). The molecule has 0 unspecified atom stereocenters. The van der Waals surface area contributed by atoms with Crippen molar-refractivity contribution < 1.29 is 14.7 Å². The average Bonchev–Trinajstić information content (AvgIpc) is 3.28. The molecule has 5 N–H and O–H groups in total. The largest absolute Gasteiger partial charge is 0.436 e. The van der Waals surface area contributed by atoms with Crippen LogP contribution in [0.15, 0.2) is 52.7 Å². The highest BCUT2D eigenvalue weighted by Gasteiger charge is 2.28. The molecule has 0 saturated heterocycles. The fourth-order valence-corrected chi connectivity index (χ4v) is 3.21. The zero-order valence-electron chi connectivity index (χ0n) is 17.9. The number of fused-ring (bicyclic) bond motifs is 1. The van der Waals surface area contributed by atoms with Crippen LogP contribution in [0.1, 0.15) is 26.5 Å². The number of hydrazine groups is 1. The molecule has 0 fully saturated rings. The first-order chi connectivity index (χ1) is 15.1. The van der Waals surface area contributed by atoms with Crippen molar-refractivity contribution in [1.29, 1.82) is 0 Å². The van der Waals surface area contributed by atoms with E-state index in [0.29, 0.717) is 28.6 Å². The van der Waals surface area contributed by atoms with E-state index in [9.17, 15) is 10.0 Å². The summed E-state index contributed by atoms with van der Waals surface area (Å²) in [4.78, 5) is 16.3. The Hall–Kier alpha value is -3.70. The third kappa shape index (κ3) is 4.34. The van der Waals surface area contributed by atoms with E-state index in [1.807, 2.05) is 6.07 Å². The van der Waals surface area contributed by atoms with E-state index >= 15 is 0 Å². The number of urea groups is 1. The van der Waals surface area contributed by atoms with Crippen molar-refractivity contribution in [1.82, 2.24) is 25.7 Å². The highest BCUT2D eigenvalue weighted by Crippen LogP contribution is 2.31. The van der Waals surface area contributed by atoms with E-state index in [1.54, 1.807) is 29.9 Å². The molecule has 3 heterocycles. The summed E-state index contributed by atoms with van der Waals surface area (Å²) in [5.74, 6) is 1.14. The minimum absolute atomic E-state index is 0.133. The number of anilines is 2. The van der Waals surface area contributed by atoms with Crippen LogP contribution in [0.25, 0.3) is 0 Å². The molecule has 1 aromatic heterocycles. The number of ether oxygens (including phenoxy) is 1. The van der Waals surface area contributed by atoms with E-state index in [0.717, 1.165) is 10.8 Å². The molecule has 2 aliphatic rings. The number of halogens is 1. The van der Waals surface area contributed by atoms with Crippen molar-refractivity contribution >= 4 is 35.5 Å². The van der Waals surface area contributed by atoms with Gasteiger partial charge in [0.2, 0.25) is 5.88 Å². The van der Waals surface area contributed by atoms with Crippen LogP contribution < -0.4 is 26.2 Å². The van der Waals surface area contributed by atoms with Crippen LogP contribution in [0.2, 0.25) is 5.02 Å². The zero-order chi connectivity index (χ0) is 23.0. The molecule has 0 saturated carbocycles. The van der Waals surface area contributed by atoms with Gasteiger partial charge in [-0.15, -0.1) is 0 Å². The fraction of sp³-hybridized carbons (Fsp3) is 0.250. The summed E-state index contributed by atoms with van der Waals surface area (Å²) in [5.41, 5.74) is 7.76. The van der Waals surface area contributed by atoms with Gasteiger partial charge < -0.3 is 10.1 Å². The predicted octanol–water partition coefficient (Wildman–Crippen LogP) is 3.25. The Balaban J connectivity index is 1.43. The summed E-state index contributed by atoms with van der Waals surface area (Å²) in [6, 6.07) is 6.22. The molecule has 0 aliphatic carbocycles. The van der Waals surface area contributed by atoms with Gasteiger partial charge in [-0.05, 0) is 18.2 Å². The number of hydroxylamine groups is 2. The Kier molecular flexibility index (Phi) is 5.45. The van der Waals surface area contributed by atoms with Gasteiger partial charge in [-0.2, -0.15) is 5.10 Å². The number of hydrogen-bond donors (Lipinski definition) is 5. The Morgan fingerprint density at radius 3 is 2.69 bits per heavy atom. The molecule has 11 nitrogen and oxygen atoms in total. The van der Waals surface area contributed by atoms with Gasteiger partial charge in [-0.25, -0.2) is 14.9 Å². The van der Waals surface area contributed by atoms with Gasteiger partial charge in [0.05, 0.1) is 16.9 Å². The summed E-state index contributed by atoms with van der Waals surface area (Å²) >= 11 is 6.34. The normalized spacial score (nSPS) is 15.1. The van der Waals surface area contributed by atoms with Crippen LogP contribution in [0.4, 0.5) is 16.3 Å². The van der Waals surface area contributed by atoms with Gasteiger partial charge in [0, 0.05) is 24.2 Å². The lowest BCUT2D eigenvalue weighted by molar-refractivity contribution is 0.0270. The summed E-state index contributed by atoms with van der Waals surface area (Å²) in [5, 5.41) is 21.0. The van der Waals surface area contributed by atoms with Gasteiger partial charge >= 0.3 is 6.03 Å². The molecule has 2 amide bonds. The lowest BCUT2D eigenvalue weighted by Crippen LogP contribution is -2.25. The van der Waals surface area contributed by atoms with Gasteiger partial charge in [-0.3, -0.25) is 26.1 Å². The van der Waals surface area contributed by atoms with Crippen LogP contribution >= 0.6 is 11.6 Å². The van der Waals surface area contributed by atoms with E-state index in [1.165, 1.54) is 12.5 Å². The number of hydrogen-bond acceptors (Lipinski definition) is 8. The first-order valence-electron chi connectivity index (χ1n) is 9.70. The Morgan fingerprint density at radius 1 is 1.22 bits per heavy atom. The van der Waals surface area contributed by atoms with Crippen LogP contribution in [-0.2, 0) is 12.5 Å². The molecule has 0 atom stereocenters. The molecule has 2 aromatic rings. The first kappa shape index (κ1) is 21.5. The maximum absolute atomic E-state index is 12.4. The van der Waals surface area contributed by atoms with Gasteiger partial charge in [-0.1, -0.05) is 32.4 Å². The summed E-state index contributed by atoms with van der Waals surface area (Å²) in [7, 11) is 1.77. The number of amides is 2. The number of carbonyl (C=O) groups excluding carboxylic acids is 1. The Labute approximate surface area is 189 Å². The maximum atomic E-state index is 12.4. The molecule has 0 bridgehead atoms. The SMILES string of the molecule is Cn1nc(C(C)(C)C)cc1NC(=O)Nc1ccc(OC2=C3C(=CN=CN3O)NN2)c(Cl)c1. The summed E-state index contributed by atoms with van der Waals surface area (Å²) < 4.78 is 7.40. The molecule has 12 heteroatoms. The maximum Gasteiger partial charge on any atom is 0.324 e. The summed E-state index contributed by atoms with van der Waals surface area (Å²) in [6.45, 7) is 6.15. The second-order valence-corrected chi connectivity index (χ2v) is 8.60. The van der Waals surface area contributed by atoms with E-state index in [4.69, 9.17) is 16.3 Å². The lowest BCUT2D eigenvalue weighted by atomic mass is 9.92. The number of aromatic nitrogens is 2. The highest BCUT2D eigenvalue weighted by molar-refractivity contribution is 6.32. The molecule has 168 valence electrons. The first-order valence-corrected chi connectivity index (χ1v) is 10.1.